The molecule has 0 bridgehead atoms. The van der Waals surface area contributed by atoms with Gasteiger partial charge in [0.15, 0.2) is 11.3 Å². The van der Waals surface area contributed by atoms with Gasteiger partial charge in [0, 0.05) is 23.8 Å². The summed E-state index contributed by atoms with van der Waals surface area (Å²) in [6.45, 7) is 0. The van der Waals surface area contributed by atoms with Crippen LogP contribution in [0.1, 0.15) is 17.4 Å². The fourth-order valence-electron chi connectivity index (χ4n) is 4.40. The summed E-state index contributed by atoms with van der Waals surface area (Å²) < 4.78 is 57.2. The smallest absolute Gasteiger partial charge is 0.284 e. The number of pyridine rings is 1. The van der Waals surface area contributed by atoms with Crippen molar-refractivity contribution in [1.29, 1.82) is 0 Å². The lowest BCUT2D eigenvalue weighted by atomic mass is 10.0. The predicted molar refractivity (Wildman–Crippen MR) is 148 cm³/mol. The minimum atomic E-state index is -3.71. The van der Waals surface area contributed by atoms with Gasteiger partial charge in [-0.1, -0.05) is 11.6 Å². The summed E-state index contributed by atoms with van der Waals surface area (Å²) in [5.74, 6) is -1.50. The van der Waals surface area contributed by atoms with E-state index in [1.807, 2.05) is 0 Å². The summed E-state index contributed by atoms with van der Waals surface area (Å²) in [7, 11) is -2.16. The maximum Gasteiger partial charge on any atom is 0.284 e. The molecule has 0 aliphatic carbocycles. The van der Waals surface area contributed by atoms with Crippen LogP contribution in [0.5, 0.6) is 0 Å². The van der Waals surface area contributed by atoms with Crippen LogP contribution in [0.2, 0.25) is 5.02 Å². The highest BCUT2D eigenvalue weighted by molar-refractivity contribution is 9.10. The van der Waals surface area contributed by atoms with Crippen molar-refractivity contribution in [3.05, 3.63) is 85.5 Å². The molecule has 5 rings (SSSR count). The van der Waals surface area contributed by atoms with Crippen molar-refractivity contribution in [1.82, 2.24) is 24.3 Å². The molecule has 39 heavy (non-hydrogen) atoms. The average molecular weight is 639 g/mol. The molecule has 5 aromatic rings. The zero-order valence-electron chi connectivity index (χ0n) is 20.3. The Morgan fingerprint density at radius 1 is 1.18 bits per heavy atom. The Morgan fingerprint density at radius 3 is 2.54 bits per heavy atom. The van der Waals surface area contributed by atoms with Gasteiger partial charge >= 0.3 is 0 Å². The molecule has 2 aromatic carbocycles. The average Bonchev–Trinajstić information content (AvgIpc) is 3.14. The standard InChI is InChI=1S/C24H19BrClF2N7O3S/c1-34-21-18(4-3-15(26)19(21)22(32-34)33-39(2,37)38)35-23(16(29)7-11-5-13(27)9-14(28)6-11)31-17-8-12(25)10-30-20(17)24(35)36/h3-6,8-10,16H,7,29H2,1-2H3,(H,32,33)/t16-/m0/s1. The van der Waals surface area contributed by atoms with Crippen molar-refractivity contribution < 1.29 is 17.2 Å². The Bertz CT molecular complexity index is 1940. The first-order valence-corrected chi connectivity index (χ1v) is 14.3. The number of halogens is 4. The minimum Gasteiger partial charge on any atom is -0.321 e. The summed E-state index contributed by atoms with van der Waals surface area (Å²) in [4.78, 5) is 22.7. The van der Waals surface area contributed by atoms with Gasteiger partial charge in [0.05, 0.1) is 39.4 Å². The maximum absolute atomic E-state index is 13.9. The van der Waals surface area contributed by atoms with Gasteiger partial charge in [-0.3, -0.25) is 18.8 Å². The van der Waals surface area contributed by atoms with E-state index in [9.17, 15) is 22.0 Å². The Balaban J connectivity index is 1.81. The first kappa shape index (κ1) is 27.1. The zero-order valence-corrected chi connectivity index (χ0v) is 23.4. The van der Waals surface area contributed by atoms with Gasteiger partial charge in [-0.25, -0.2) is 27.2 Å². The van der Waals surface area contributed by atoms with Crippen molar-refractivity contribution in [2.24, 2.45) is 12.8 Å². The van der Waals surface area contributed by atoms with Gasteiger partial charge in [0.2, 0.25) is 10.0 Å². The van der Waals surface area contributed by atoms with E-state index in [2.05, 4.69) is 35.7 Å². The molecule has 0 saturated heterocycles. The molecule has 0 unspecified atom stereocenters. The van der Waals surface area contributed by atoms with Crippen LogP contribution in [0.4, 0.5) is 14.6 Å². The van der Waals surface area contributed by atoms with Crippen LogP contribution in [0.25, 0.3) is 27.6 Å². The molecular weight excluding hydrogens is 620 g/mol. The summed E-state index contributed by atoms with van der Waals surface area (Å²) in [6, 6.07) is 6.67. The number of nitrogens with two attached hydrogens (primary N) is 1. The van der Waals surface area contributed by atoms with E-state index in [-0.39, 0.29) is 50.8 Å². The Morgan fingerprint density at radius 2 is 1.87 bits per heavy atom. The molecule has 15 heteroatoms. The Kier molecular flexibility index (Phi) is 6.91. The third-order valence-corrected chi connectivity index (χ3v) is 7.17. The van der Waals surface area contributed by atoms with E-state index < -0.39 is 33.3 Å². The summed E-state index contributed by atoms with van der Waals surface area (Å²) in [5, 5.41) is 4.68. The van der Waals surface area contributed by atoms with Crippen molar-refractivity contribution >= 4 is 65.3 Å². The lowest BCUT2D eigenvalue weighted by molar-refractivity contribution is 0.572. The summed E-state index contributed by atoms with van der Waals surface area (Å²) in [6.07, 6.45) is 2.36. The van der Waals surface area contributed by atoms with Gasteiger partial charge in [-0.2, -0.15) is 5.10 Å². The number of rotatable bonds is 6. The topological polar surface area (TPSA) is 138 Å². The number of aromatic nitrogens is 5. The third kappa shape index (κ3) is 5.24. The molecule has 0 spiro atoms. The third-order valence-electron chi connectivity index (χ3n) is 5.85. The Labute approximate surface area is 233 Å². The number of anilines is 1. The maximum atomic E-state index is 13.9. The molecule has 0 fully saturated rings. The molecule has 0 saturated carbocycles. The van der Waals surface area contributed by atoms with Crippen LogP contribution in [0, 0.1) is 11.6 Å². The molecule has 0 amide bonds. The molecular formula is C24H19BrClF2N7O3S. The second kappa shape index (κ2) is 9.93. The lowest BCUT2D eigenvalue weighted by Gasteiger charge is -2.19. The first-order valence-electron chi connectivity index (χ1n) is 11.2. The van der Waals surface area contributed by atoms with Crippen LogP contribution in [0.15, 0.2) is 51.9 Å². The number of nitrogens with one attached hydrogen (secondary N) is 1. The number of benzene rings is 2. The molecule has 3 aromatic heterocycles. The first-order chi connectivity index (χ1) is 18.3. The molecule has 0 aliphatic heterocycles. The quantitative estimate of drug-likeness (QED) is 0.287. The number of hydrogen-bond donors (Lipinski definition) is 2. The number of nitrogens with zero attached hydrogens (tertiary/aromatic N) is 5. The van der Waals surface area contributed by atoms with Crippen molar-refractivity contribution in [2.75, 3.05) is 11.0 Å². The molecule has 3 heterocycles. The lowest BCUT2D eigenvalue weighted by Crippen LogP contribution is -2.30. The monoisotopic (exact) mass is 637 g/mol. The highest BCUT2D eigenvalue weighted by Crippen LogP contribution is 2.35. The van der Waals surface area contributed by atoms with Crippen molar-refractivity contribution in [3.8, 4) is 5.69 Å². The van der Waals surface area contributed by atoms with Gasteiger partial charge in [-0.05, 0) is 58.2 Å². The van der Waals surface area contributed by atoms with E-state index in [4.69, 9.17) is 17.3 Å². The molecule has 3 N–H and O–H groups in total. The minimum absolute atomic E-state index is 0.0331. The largest absolute Gasteiger partial charge is 0.321 e. The molecule has 10 nitrogen and oxygen atoms in total. The molecule has 202 valence electrons. The molecule has 0 aliphatic rings. The fourth-order valence-corrected chi connectivity index (χ4v) is 5.46. The van der Waals surface area contributed by atoms with Crippen LogP contribution in [-0.2, 0) is 23.5 Å². The van der Waals surface area contributed by atoms with Gasteiger partial charge < -0.3 is 5.73 Å². The van der Waals surface area contributed by atoms with Gasteiger partial charge in [-0.15, -0.1) is 0 Å². The van der Waals surface area contributed by atoms with Crippen LogP contribution < -0.4 is 16.0 Å². The number of fused-ring (bicyclic) bond motifs is 2. The predicted octanol–water partition coefficient (Wildman–Crippen LogP) is 3.98. The van der Waals surface area contributed by atoms with Crippen LogP contribution >= 0.6 is 27.5 Å². The fraction of sp³-hybridized carbons (Fsp3) is 0.167. The number of hydrogen-bond acceptors (Lipinski definition) is 7. The van der Waals surface area contributed by atoms with Crippen LogP contribution in [-0.4, -0.2) is 39.0 Å². The van der Waals surface area contributed by atoms with E-state index in [0.29, 0.717) is 9.99 Å². The van der Waals surface area contributed by atoms with Crippen LogP contribution in [0.3, 0.4) is 0 Å². The Hall–Kier alpha value is -3.46. The van der Waals surface area contributed by atoms with Crippen molar-refractivity contribution in [3.63, 3.8) is 0 Å². The number of aryl methyl sites for hydroxylation is 1. The number of sulfonamides is 1. The van der Waals surface area contributed by atoms with Crippen molar-refractivity contribution in [2.45, 2.75) is 12.5 Å². The normalized spacial score (nSPS) is 12.8. The van der Waals surface area contributed by atoms with E-state index in [1.54, 1.807) is 19.2 Å². The van der Waals surface area contributed by atoms with Gasteiger partial charge in [0.25, 0.3) is 5.56 Å². The molecule has 1 atom stereocenters. The molecule has 0 radical (unpaired) electrons. The summed E-state index contributed by atoms with van der Waals surface area (Å²) >= 11 is 9.77. The van der Waals surface area contributed by atoms with E-state index >= 15 is 0 Å². The highest BCUT2D eigenvalue weighted by Gasteiger charge is 2.25. The van der Waals surface area contributed by atoms with Gasteiger partial charge in [0.1, 0.15) is 17.5 Å². The summed E-state index contributed by atoms with van der Waals surface area (Å²) in [5.41, 5.74) is 7.03. The van der Waals surface area contributed by atoms with E-state index in [1.165, 1.54) is 21.5 Å². The second-order valence-electron chi connectivity index (χ2n) is 8.86. The zero-order chi connectivity index (χ0) is 28.2. The SMILES string of the molecule is Cn1nc(NS(C)(=O)=O)c2c(Cl)ccc(-n3c([C@@H](N)Cc4cc(F)cc(F)c4)nc4cc(Br)cnc4c3=O)c21. The van der Waals surface area contributed by atoms with E-state index in [0.717, 1.165) is 24.5 Å². The second-order valence-corrected chi connectivity index (χ2v) is 11.9. The highest BCUT2D eigenvalue weighted by atomic mass is 79.9.